The van der Waals surface area contributed by atoms with Crippen LogP contribution in [0, 0.1) is 27.7 Å². The number of benzene rings is 3. The van der Waals surface area contributed by atoms with Gasteiger partial charge >= 0.3 is 21.6 Å². The van der Waals surface area contributed by atoms with Gasteiger partial charge in [-0.1, -0.05) is 24.3 Å². The van der Waals surface area contributed by atoms with E-state index in [-0.39, 0.29) is 78.2 Å². The molecule has 10 heterocycles. The number of carbonyl (C=O) groups excluding carboxylic acids is 3. The van der Waals surface area contributed by atoms with Gasteiger partial charge < -0.3 is 62.6 Å². The Bertz CT molecular complexity index is 4790. The van der Waals surface area contributed by atoms with E-state index < -0.39 is 14.4 Å². The van der Waals surface area contributed by atoms with Gasteiger partial charge in [0.2, 0.25) is 29.5 Å². The molecule has 3 atom stereocenters. The molecular weight excluding hydrogens is 1680 g/mol. The Kier molecular flexibility index (Phi) is 33.0. The van der Waals surface area contributed by atoms with Crippen LogP contribution in [0.4, 0.5) is 17.1 Å². The van der Waals surface area contributed by atoms with Crippen molar-refractivity contribution in [2.24, 2.45) is 0 Å². The Morgan fingerprint density at radius 3 is 1.33 bits per heavy atom. The SMILES string of the molecule is CC(=O)N1c2ccc(-c3cnn(C4CC4)c3)c(Oc3ncccc3C)c2CC[C@@H]1C.CC(=O)N1c2ccc(Br)c(O)c2CC[C@@H]1C.CC(=O)N1c2ccc(Br)c(Oc3ncccc3C)c2CC[C@@H]1C.CC(C)OB(OC(C)C)OC(C)C.CC1(C)OB(c2cnn(C3CC3)c2)OC1(C)C.Cc1cccnc1B(O)O.Cc1cccnc1Br. The Hall–Kier alpha value is -8.16. The lowest BCUT2D eigenvalue weighted by atomic mass is 9.82. The van der Waals surface area contributed by atoms with Gasteiger partial charge in [0.05, 0.1) is 61.1 Å². The predicted molar refractivity (Wildman–Crippen MR) is 473 cm³/mol. The van der Waals surface area contributed by atoms with Crippen LogP contribution in [0.15, 0.2) is 148 Å². The minimum absolute atomic E-state index is 0.0233. The number of phenolic OH excluding ortho intramolecular Hbond substituents is 1. The molecule has 624 valence electrons. The van der Waals surface area contributed by atoms with Gasteiger partial charge in [-0.05, 0) is 301 Å². The number of rotatable bonds is 15. The van der Waals surface area contributed by atoms with Crippen molar-refractivity contribution in [2.75, 3.05) is 14.7 Å². The molecular formula is C87H113B3Br3N11O13. The molecule has 9 aromatic rings. The van der Waals surface area contributed by atoms with Crippen LogP contribution in [-0.4, -0.2) is 142 Å². The number of hydrogen-bond acceptors (Lipinski definition) is 19. The summed E-state index contributed by atoms with van der Waals surface area (Å²) >= 11 is 10.2. The summed E-state index contributed by atoms with van der Waals surface area (Å²) in [4.78, 5) is 58.1. The van der Waals surface area contributed by atoms with Crippen molar-refractivity contribution in [3.63, 3.8) is 0 Å². The fraction of sp³-hybridized carbons (Fsp3) is 0.460. The van der Waals surface area contributed by atoms with Crippen LogP contribution >= 0.6 is 47.8 Å². The standard InChI is InChI=1S/C24H26N4O2.C18H19BrN2O2.C12H19BN2O2.C12H14BrNO2.C9H21BO3.C6H8BNO2.C6H6BrN/c1-15-5-4-12-25-24(15)30-23-20(18-13-26-27(14-18)19-7-8-19)10-11-22-21(23)9-6-16(2)28(22)17(3)29;1-11-5-4-10-20-18(11)23-17-14-7-6-12(2)21(13(3)22)16(14)9-8-15(17)19;1-11(2)12(3,4)17-13(16-11)9-7-14-15(8-9)10-5-6-10;1-7-3-4-9-11(14(7)8(2)15)6-5-10(13)12(9)16;1-7(2)11-10(12-8(3)4)13-9(5)6;1-5-3-2-4-8-6(5)7(9)10;1-5-3-2-4-8-6(5)7/h4-5,10-14,16,19H,6-9H2,1-3H3;4-5,8-10,12H,6-7H2,1-3H3;7-8,10H,5-6H2,1-4H3;5-7,16H,3-4H2,1-2H3;7-9H,1-6H3;2-4,9-10H,1H3;2-4H,1H3/t16-;12-;;7-;;;/m00.0.../s1. The number of aromatic hydroxyl groups is 1. The van der Waals surface area contributed by atoms with E-state index in [1.165, 1.54) is 37.4 Å². The summed E-state index contributed by atoms with van der Waals surface area (Å²) in [6, 6.07) is 28.6. The number of nitrogens with zero attached hydrogens (tertiary/aromatic N) is 11. The van der Waals surface area contributed by atoms with Gasteiger partial charge in [-0.3, -0.25) is 28.7 Å². The average molecular weight is 1790 g/mol. The third-order valence-electron chi connectivity index (χ3n) is 20.8. The first-order valence-electron chi connectivity index (χ1n) is 40.2. The summed E-state index contributed by atoms with van der Waals surface area (Å²) < 4.78 is 47.4. The predicted octanol–water partition coefficient (Wildman–Crippen LogP) is 17.5. The Balaban J connectivity index is 0.000000162. The second-order valence-corrected chi connectivity index (χ2v) is 34.5. The van der Waals surface area contributed by atoms with Crippen molar-refractivity contribution < 1.29 is 62.3 Å². The third-order valence-corrected chi connectivity index (χ3v) is 22.9. The van der Waals surface area contributed by atoms with E-state index in [1.807, 2.05) is 157 Å². The van der Waals surface area contributed by atoms with E-state index in [4.69, 9.17) is 42.8 Å². The maximum Gasteiger partial charge on any atom is 0.639 e. The van der Waals surface area contributed by atoms with E-state index >= 15 is 0 Å². The molecule has 0 spiro atoms. The number of carbonyl (C=O) groups is 3. The molecule has 3 fully saturated rings. The van der Waals surface area contributed by atoms with Crippen LogP contribution in [0.5, 0.6) is 29.0 Å². The van der Waals surface area contributed by atoms with E-state index in [0.29, 0.717) is 33.9 Å². The Labute approximate surface area is 716 Å². The van der Waals surface area contributed by atoms with Gasteiger partial charge in [0.25, 0.3) is 0 Å². The van der Waals surface area contributed by atoms with E-state index in [0.717, 1.165) is 126 Å². The molecule has 3 aromatic carbocycles. The molecule has 2 aliphatic carbocycles. The van der Waals surface area contributed by atoms with Crippen LogP contribution in [0.1, 0.15) is 207 Å². The van der Waals surface area contributed by atoms with Gasteiger partial charge in [-0.15, -0.1) is 0 Å². The van der Waals surface area contributed by atoms with Crippen molar-refractivity contribution in [2.45, 2.75) is 262 Å². The first kappa shape index (κ1) is 92.7. The van der Waals surface area contributed by atoms with Crippen LogP contribution in [0.25, 0.3) is 11.1 Å². The fourth-order valence-corrected chi connectivity index (χ4v) is 14.7. The molecule has 3 amide bonds. The molecule has 4 aliphatic heterocycles. The maximum atomic E-state index is 12.4. The number of halogens is 3. The normalized spacial score (nSPS) is 17.2. The van der Waals surface area contributed by atoms with Crippen LogP contribution < -0.4 is 35.2 Å². The highest BCUT2D eigenvalue weighted by molar-refractivity contribution is 9.11. The highest BCUT2D eigenvalue weighted by atomic mass is 79.9. The van der Waals surface area contributed by atoms with Crippen molar-refractivity contribution >= 4 is 115 Å². The molecule has 6 aliphatic rings. The minimum Gasteiger partial charge on any atom is -0.506 e. The van der Waals surface area contributed by atoms with Crippen molar-refractivity contribution in [1.82, 2.24) is 39.5 Å². The first-order valence-corrected chi connectivity index (χ1v) is 42.6. The minimum atomic E-state index is -1.46. The monoisotopic (exact) mass is 1790 g/mol. The maximum absolute atomic E-state index is 12.4. The van der Waals surface area contributed by atoms with Crippen LogP contribution in [0.2, 0.25) is 0 Å². The third kappa shape index (κ3) is 24.8. The van der Waals surface area contributed by atoms with Crippen molar-refractivity contribution in [1.29, 1.82) is 0 Å². The lowest BCUT2D eigenvalue weighted by Crippen LogP contribution is -2.41. The summed E-state index contributed by atoms with van der Waals surface area (Å²) in [5.41, 5.74) is 12.4. The molecule has 0 bridgehead atoms. The average Bonchev–Trinajstić information content (AvgIpc) is 1.46. The molecule has 3 N–H and O–H groups in total. The number of pyridine rings is 4. The van der Waals surface area contributed by atoms with Gasteiger partial charge in [-0.25, -0.2) is 15.0 Å². The first-order chi connectivity index (χ1) is 55.4. The summed E-state index contributed by atoms with van der Waals surface area (Å²) in [5.74, 6) is 3.11. The van der Waals surface area contributed by atoms with Crippen LogP contribution in [-0.2, 0) is 56.9 Å². The number of aromatic nitrogens is 8. The molecule has 24 nitrogen and oxygen atoms in total. The highest BCUT2D eigenvalue weighted by Crippen LogP contribution is 2.48. The zero-order chi connectivity index (χ0) is 85.5. The fourth-order valence-electron chi connectivity index (χ4n) is 13.6. The molecule has 1 saturated heterocycles. The van der Waals surface area contributed by atoms with E-state index in [9.17, 15) is 19.5 Å². The smallest absolute Gasteiger partial charge is 0.506 e. The molecule has 30 heteroatoms. The van der Waals surface area contributed by atoms with Gasteiger partial charge in [0.1, 0.15) is 21.9 Å². The van der Waals surface area contributed by atoms with Gasteiger partial charge in [-0.2, -0.15) is 10.2 Å². The summed E-state index contributed by atoms with van der Waals surface area (Å²) in [7, 11) is -2.28. The summed E-state index contributed by atoms with van der Waals surface area (Å²) in [6.07, 6.45) is 25.1. The number of anilines is 3. The van der Waals surface area contributed by atoms with E-state index in [2.05, 4.69) is 143 Å². The van der Waals surface area contributed by atoms with E-state index in [1.54, 1.807) is 69.4 Å². The number of fused-ring (bicyclic) bond motifs is 3. The summed E-state index contributed by atoms with van der Waals surface area (Å²) in [5, 5.41) is 36.3. The second-order valence-electron chi connectivity index (χ2n) is 32.0. The molecule has 6 aromatic heterocycles. The molecule has 0 radical (unpaired) electrons. The molecule has 117 heavy (non-hydrogen) atoms. The number of phenols is 1. The highest BCUT2D eigenvalue weighted by Gasteiger charge is 2.52. The number of ether oxygens (including phenoxy) is 2. The largest absolute Gasteiger partial charge is 0.639 e. The van der Waals surface area contributed by atoms with Gasteiger partial charge in [0, 0.05) is 145 Å². The molecule has 0 unspecified atom stereocenters. The molecule has 2 saturated carbocycles. The number of amides is 3. The quantitative estimate of drug-likeness (QED) is 0.0635. The van der Waals surface area contributed by atoms with Gasteiger partial charge in [0.15, 0.2) is 0 Å². The lowest BCUT2D eigenvalue weighted by Gasteiger charge is -2.35. The lowest BCUT2D eigenvalue weighted by molar-refractivity contribution is -0.117. The molecule has 15 rings (SSSR count). The topological polar surface area (TPSA) is 273 Å². The number of aryl methyl sites for hydroxylation is 4. The zero-order valence-corrected chi connectivity index (χ0v) is 75.9. The van der Waals surface area contributed by atoms with Crippen molar-refractivity contribution in [3.8, 4) is 40.1 Å². The van der Waals surface area contributed by atoms with Crippen LogP contribution in [0.3, 0.4) is 0 Å². The van der Waals surface area contributed by atoms with Crippen molar-refractivity contribution in [3.05, 3.63) is 187 Å². The Morgan fingerprint density at radius 1 is 0.513 bits per heavy atom. The summed E-state index contributed by atoms with van der Waals surface area (Å²) in [6.45, 7) is 38.8. The zero-order valence-electron chi connectivity index (χ0n) is 71.1. The second kappa shape index (κ2) is 41.7. The Morgan fingerprint density at radius 2 is 0.915 bits per heavy atom. The number of hydrogen-bond donors (Lipinski definition) is 3.